The molecule has 2 aromatic rings. The van der Waals surface area contributed by atoms with Gasteiger partial charge in [0.25, 0.3) is 0 Å². The fourth-order valence-electron chi connectivity index (χ4n) is 4.97. The maximum Gasteiger partial charge on any atom is 0.573 e. The van der Waals surface area contributed by atoms with Gasteiger partial charge in [-0.2, -0.15) is 4.31 Å². The van der Waals surface area contributed by atoms with Crippen LogP contribution in [0.15, 0.2) is 59.5 Å². The number of halogens is 3. The lowest BCUT2D eigenvalue weighted by molar-refractivity contribution is -0.274. The number of methoxy groups -OCH3 is 1. The number of benzene rings is 2. The second kappa shape index (κ2) is 16.5. The van der Waals surface area contributed by atoms with Gasteiger partial charge in [0.05, 0.1) is 36.8 Å². The summed E-state index contributed by atoms with van der Waals surface area (Å²) in [6.45, 7) is 5.35. The van der Waals surface area contributed by atoms with Crippen molar-refractivity contribution in [2.45, 2.75) is 56.1 Å². The summed E-state index contributed by atoms with van der Waals surface area (Å²) in [6, 6.07) is 12.3. The summed E-state index contributed by atoms with van der Waals surface area (Å²) < 4.78 is 80.7. The number of alkyl halides is 3. The minimum atomic E-state index is -4.92. The van der Waals surface area contributed by atoms with Crippen molar-refractivity contribution in [3.05, 3.63) is 60.2 Å². The normalized spacial score (nSPS) is 17.3. The first-order valence-electron chi connectivity index (χ1n) is 14.5. The highest BCUT2D eigenvalue weighted by Crippen LogP contribution is 2.26. The van der Waals surface area contributed by atoms with Gasteiger partial charge < -0.3 is 24.6 Å². The SMILES string of the molecule is COCCN(CC(=O)N[C@@H](Cc1ccccc1)[C@H](O)CN(CC(C)C)S(=O)(=O)c1ccc(OC(F)(F)F)cc1)[C@H]1CCOC1. The third kappa shape index (κ3) is 11.3. The van der Waals surface area contributed by atoms with Gasteiger partial charge in [-0.1, -0.05) is 44.2 Å². The Morgan fingerprint density at radius 2 is 1.80 bits per heavy atom. The summed E-state index contributed by atoms with van der Waals surface area (Å²) in [5, 5.41) is 14.4. The molecule has 2 N–H and O–H groups in total. The van der Waals surface area contributed by atoms with E-state index < -0.39 is 34.3 Å². The van der Waals surface area contributed by atoms with Crippen LogP contribution >= 0.6 is 0 Å². The van der Waals surface area contributed by atoms with Crippen LogP contribution in [0.3, 0.4) is 0 Å². The zero-order valence-electron chi connectivity index (χ0n) is 25.2. The highest BCUT2D eigenvalue weighted by Gasteiger charge is 2.34. The van der Waals surface area contributed by atoms with E-state index in [-0.39, 0.29) is 48.8 Å². The molecule has 0 unspecified atom stereocenters. The summed E-state index contributed by atoms with van der Waals surface area (Å²) in [4.78, 5) is 15.0. The molecule has 0 saturated carbocycles. The number of ether oxygens (including phenoxy) is 3. The quantitative estimate of drug-likeness (QED) is 0.270. The fourth-order valence-corrected chi connectivity index (χ4v) is 6.60. The molecule has 3 atom stereocenters. The van der Waals surface area contributed by atoms with Crippen molar-refractivity contribution in [2.75, 3.05) is 53.1 Å². The van der Waals surface area contributed by atoms with E-state index >= 15 is 0 Å². The molecule has 0 spiro atoms. The van der Waals surface area contributed by atoms with E-state index in [1.54, 1.807) is 21.0 Å². The van der Waals surface area contributed by atoms with Crippen molar-refractivity contribution in [2.24, 2.45) is 5.92 Å². The number of amides is 1. The van der Waals surface area contributed by atoms with E-state index in [4.69, 9.17) is 9.47 Å². The van der Waals surface area contributed by atoms with Gasteiger partial charge in [-0.15, -0.1) is 13.2 Å². The summed E-state index contributed by atoms with van der Waals surface area (Å²) in [7, 11) is -2.66. The van der Waals surface area contributed by atoms with Crippen LogP contribution in [0.4, 0.5) is 13.2 Å². The molecule has 2 aromatic carbocycles. The molecule has 10 nitrogen and oxygen atoms in total. The maximum atomic E-state index is 13.6. The van der Waals surface area contributed by atoms with Gasteiger partial charge in [-0.25, -0.2) is 8.42 Å². The van der Waals surface area contributed by atoms with Crippen molar-refractivity contribution in [1.82, 2.24) is 14.5 Å². The van der Waals surface area contributed by atoms with Crippen LogP contribution < -0.4 is 10.1 Å². The lowest BCUT2D eigenvalue weighted by Gasteiger charge is -2.32. The fraction of sp³-hybridized carbons (Fsp3) is 0.567. The van der Waals surface area contributed by atoms with Crippen molar-refractivity contribution >= 4 is 15.9 Å². The molecule has 246 valence electrons. The van der Waals surface area contributed by atoms with E-state index in [1.807, 2.05) is 35.2 Å². The van der Waals surface area contributed by atoms with Gasteiger partial charge in [0, 0.05) is 39.4 Å². The predicted molar refractivity (Wildman–Crippen MR) is 157 cm³/mol. The number of aliphatic hydroxyl groups is 1. The number of carbonyl (C=O) groups is 1. The molecule has 1 aliphatic rings. The average Bonchev–Trinajstić information content (AvgIpc) is 3.49. The van der Waals surface area contributed by atoms with Crippen molar-refractivity contribution < 1.29 is 45.7 Å². The van der Waals surface area contributed by atoms with Gasteiger partial charge in [-0.3, -0.25) is 9.69 Å². The Labute approximate surface area is 257 Å². The number of nitrogens with one attached hydrogen (secondary N) is 1. The van der Waals surface area contributed by atoms with Crippen LogP contribution in [0, 0.1) is 5.92 Å². The Hall–Kier alpha value is -2.75. The number of nitrogens with zero attached hydrogens (tertiary/aromatic N) is 2. The third-order valence-electron chi connectivity index (χ3n) is 7.12. The topological polar surface area (TPSA) is 118 Å². The molecule has 1 heterocycles. The highest BCUT2D eigenvalue weighted by atomic mass is 32.2. The van der Waals surface area contributed by atoms with Gasteiger partial charge in [0.1, 0.15) is 5.75 Å². The highest BCUT2D eigenvalue weighted by molar-refractivity contribution is 7.89. The number of aliphatic hydroxyl groups excluding tert-OH is 1. The summed E-state index contributed by atoms with van der Waals surface area (Å²) in [6.07, 6.45) is -5.23. The second-order valence-corrected chi connectivity index (χ2v) is 13.1. The number of rotatable bonds is 17. The Morgan fingerprint density at radius 1 is 1.11 bits per heavy atom. The number of carbonyl (C=O) groups excluding carboxylic acids is 1. The van der Waals surface area contributed by atoms with Gasteiger partial charge >= 0.3 is 6.36 Å². The molecule has 0 radical (unpaired) electrons. The van der Waals surface area contributed by atoms with Crippen LogP contribution in [0.5, 0.6) is 5.75 Å². The van der Waals surface area contributed by atoms with Crippen LogP contribution in [-0.2, 0) is 30.7 Å². The first-order valence-corrected chi connectivity index (χ1v) is 15.9. The van der Waals surface area contributed by atoms with E-state index in [0.717, 1.165) is 40.6 Å². The Balaban J connectivity index is 1.81. The van der Waals surface area contributed by atoms with Crippen LogP contribution in [0.25, 0.3) is 0 Å². The molecular weight excluding hydrogens is 603 g/mol. The van der Waals surface area contributed by atoms with Gasteiger partial charge in [0.15, 0.2) is 0 Å². The molecule has 1 aliphatic heterocycles. The Bertz CT molecular complexity index is 1260. The molecule has 14 heteroatoms. The number of hydrogen-bond donors (Lipinski definition) is 2. The zero-order valence-corrected chi connectivity index (χ0v) is 26.0. The Kier molecular flexibility index (Phi) is 13.4. The summed E-state index contributed by atoms with van der Waals surface area (Å²) in [5.74, 6) is -1.04. The first kappa shape index (κ1) is 35.7. The van der Waals surface area contributed by atoms with Crippen molar-refractivity contribution in [1.29, 1.82) is 0 Å². The maximum absolute atomic E-state index is 13.6. The number of sulfonamides is 1. The van der Waals surface area contributed by atoms with Gasteiger partial charge in [-0.05, 0) is 48.6 Å². The second-order valence-electron chi connectivity index (χ2n) is 11.1. The third-order valence-corrected chi connectivity index (χ3v) is 8.96. The van der Waals surface area contributed by atoms with E-state index in [1.165, 1.54) is 0 Å². The van der Waals surface area contributed by atoms with Crippen LogP contribution in [0.2, 0.25) is 0 Å². The molecule has 0 bridgehead atoms. The molecule has 44 heavy (non-hydrogen) atoms. The first-order chi connectivity index (χ1) is 20.8. The predicted octanol–water partition coefficient (Wildman–Crippen LogP) is 3.06. The molecular formula is C30H42F3N3O7S. The standard InChI is InChI=1S/C30H42F3N3O7S/c1-22(2)18-36(44(39,40)26-11-9-25(10-12-26)43-30(31,32)33)19-28(37)27(17-23-7-5-4-6-8-23)34-29(38)20-35(14-16-41-3)24-13-15-42-21-24/h4-12,22,24,27-28,37H,13-21H2,1-3H3,(H,34,38)/t24-,27-,28+/m0/s1. The number of hydrogen-bond acceptors (Lipinski definition) is 8. The van der Waals surface area contributed by atoms with Crippen molar-refractivity contribution in [3.63, 3.8) is 0 Å². The van der Waals surface area contributed by atoms with E-state index in [0.29, 0.717) is 26.4 Å². The van der Waals surface area contributed by atoms with E-state index in [9.17, 15) is 31.5 Å². The van der Waals surface area contributed by atoms with Crippen LogP contribution in [-0.4, -0.2) is 106 Å². The molecule has 3 rings (SSSR count). The minimum Gasteiger partial charge on any atom is -0.406 e. The Morgan fingerprint density at radius 3 is 2.36 bits per heavy atom. The van der Waals surface area contributed by atoms with Gasteiger partial charge in [0.2, 0.25) is 15.9 Å². The molecule has 1 amide bonds. The van der Waals surface area contributed by atoms with Crippen molar-refractivity contribution in [3.8, 4) is 5.75 Å². The molecule has 1 saturated heterocycles. The lowest BCUT2D eigenvalue weighted by Crippen LogP contribution is -2.53. The molecule has 1 fully saturated rings. The molecule has 0 aliphatic carbocycles. The monoisotopic (exact) mass is 645 g/mol. The van der Waals surface area contributed by atoms with E-state index in [2.05, 4.69) is 10.1 Å². The molecule has 0 aromatic heterocycles. The summed E-state index contributed by atoms with van der Waals surface area (Å²) in [5.41, 5.74) is 0.829. The summed E-state index contributed by atoms with van der Waals surface area (Å²) >= 11 is 0. The van der Waals surface area contributed by atoms with Crippen LogP contribution in [0.1, 0.15) is 25.8 Å². The minimum absolute atomic E-state index is 0.0265. The largest absolute Gasteiger partial charge is 0.573 e. The zero-order chi connectivity index (χ0) is 32.3. The smallest absolute Gasteiger partial charge is 0.406 e. The lowest BCUT2D eigenvalue weighted by atomic mass is 10.0. The average molecular weight is 646 g/mol.